The number of carbonyl (C=O) groups excluding carboxylic acids is 1. The largest absolute Gasteiger partial charge is 0.459 e. The third-order valence-electron chi connectivity index (χ3n) is 4.45. The summed E-state index contributed by atoms with van der Waals surface area (Å²) in [7, 11) is 0. The van der Waals surface area contributed by atoms with Crippen LogP contribution < -0.4 is 4.90 Å². The van der Waals surface area contributed by atoms with E-state index in [0.717, 1.165) is 43.5 Å². The number of ether oxygens (including phenoxy) is 1. The molecule has 1 aliphatic heterocycles. The van der Waals surface area contributed by atoms with Gasteiger partial charge in [-0.15, -0.1) is 0 Å². The highest BCUT2D eigenvalue weighted by Crippen LogP contribution is 2.21. The number of hydrogen-bond acceptors (Lipinski definition) is 7. The normalized spacial score (nSPS) is 15.5. The average molecular weight is 358 g/mol. The van der Waals surface area contributed by atoms with Crippen molar-refractivity contribution in [3.05, 3.63) is 41.2 Å². The van der Waals surface area contributed by atoms with Gasteiger partial charge in [0.25, 0.3) is 0 Å². The molecule has 0 amide bonds. The van der Waals surface area contributed by atoms with Gasteiger partial charge in [-0.05, 0) is 39.8 Å². The number of nitrogens with zero attached hydrogens (tertiary/aromatic N) is 4. The zero-order valence-electron chi connectivity index (χ0n) is 15.9. The van der Waals surface area contributed by atoms with Crippen LogP contribution in [0.1, 0.15) is 41.6 Å². The Morgan fingerprint density at radius 2 is 2.00 bits per heavy atom. The predicted octanol–water partition coefficient (Wildman–Crippen LogP) is 2.57. The topological polar surface area (TPSA) is 71.7 Å². The van der Waals surface area contributed by atoms with E-state index in [9.17, 15) is 4.79 Å². The summed E-state index contributed by atoms with van der Waals surface area (Å²) in [5.74, 6) is 2.00. The Morgan fingerprint density at radius 1 is 1.27 bits per heavy atom. The molecule has 26 heavy (non-hydrogen) atoms. The molecule has 0 unspecified atom stereocenters. The lowest BCUT2D eigenvalue weighted by molar-refractivity contribution is 0.0378. The van der Waals surface area contributed by atoms with E-state index >= 15 is 0 Å². The van der Waals surface area contributed by atoms with Crippen molar-refractivity contribution >= 4 is 11.8 Å². The Kier molecular flexibility index (Phi) is 5.56. The van der Waals surface area contributed by atoms with Gasteiger partial charge in [0.2, 0.25) is 5.89 Å². The molecule has 0 saturated carbocycles. The van der Waals surface area contributed by atoms with E-state index < -0.39 is 0 Å². The first kappa shape index (κ1) is 18.4. The maximum Gasteiger partial charge on any atom is 0.342 e. The number of carbonyl (C=O) groups is 1. The third kappa shape index (κ3) is 4.22. The van der Waals surface area contributed by atoms with Gasteiger partial charge in [0.05, 0.1) is 18.3 Å². The van der Waals surface area contributed by atoms with Crippen molar-refractivity contribution in [1.29, 1.82) is 0 Å². The summed E-state index contributed by atoms with van der Waals surface area (Å²) in [5.41, 5.74) is 1.47. The highest BCUT2D eigenvalue weighted by molar-refractivity contribution is 5.94. The zero-order valence-corrected chi connectivity index (χ0v) is 15.9. The van der Waals surface area contributed by atoms with Crippen LogP contribution in [-0.2, 0) is 11.3 Å². The Balaban J connectivity index is 1.64. The number of aromatic nitrogens is 2. The zero-order chi connectivity index (χ0) is 18.7. The van der Waals surface area contributed by atoms with Crippen molar-refractivity contribution in [3.8, 4) is 0 Å². The SMILES string of the molecule is Cc1nc(CN2CCN(c3ncccc3C(=O)OC(C)C)CC2)oc1C. The summed E-state index contributed by atoms with van der Waals surface area (Å²) in [6, 6.07) is 3.54. The van der Waals surface area contributed by atoms with Crippen LogP contribution in [0.5, 0.6) is 0 Å². The standard InChI is InChI=1S/C19H26N4O3/c1-13(2)25-19(24)16-6-5-7-20-18(16)23-10-8-22(9-11-23)12-17-21-14(3)15(4)26-17/h5-7,13H,8-12H2,1-4H3. The van der Waals surface area contributed by atoms with Crippen LogP contribution in [0.2, 0.25) is 0 Å². The number of oxazole rings is 1. The smallest absolute Gasteiger partial charge is 0.342 e. The van der Waals surface area contributed by atoms with Gasteiger partial charge in [-0.1, -0.05) is 0 Å². The lowest BCUT2D eigenvalue weighted by Gasteiger charge is -2.35. The summed E-state index contributed by atoms with van der Waals surface area (Å²) in [5, 5.41) is 0. The molecule has 2 aromatic heterocycles. The fraction of sp³-hybridized carbons (Fsp3) is 0.526. The van der Waals surface area contributed by atoms with Crippen molar-refractivity contribution < 1.29 is 13.9 Å². The molecule has 1 aliphatic rings. The minimum absolute atomic E-state index is 0.153. The van der Waals surface area contributed by atoms with E-state index in [2.05, 4.69) is 19.8 Å². The van der Waals surface area contributed by atoms with Gasteiger partial charge in [-0.25, -0.2) is 14.8 Å². The van der Waals surface area contributed by atoms with Gasteiger partial charge in [-0.3, -0.25) is 4.90 Å². The van der Waals surface area contributed by atoms with Crippen molar-refractivity contribution in [2.75, 3.05) is 31.1 Å². The molecule has 3 heterocycles. The maximum absolute atomic E-state index is 12.3. The number of aryl methyl sites for hydroxylation is 2. The van der Waals surface area contributed by atoms with Crippen molar-refractivity contribution in [1.82, 2.24) is 14.9 Å². The molecule has 3 rings (SSSR count). The highest BCUT2D eigenvalue weighted by atomic mass is 16.5. The molecule has 0 aromatic carbocycles. The fourth-order valence-corrected chi connectivity index (χ4v) is 3.00. The van der Waals surface area contributed by atoms with E-state index in [1.807, 2.05) is 27.7 Å². The number of esters is 1. The van der Waals surface area contributed by atoms with Crippen molar-refractivity contribution in [2.24, 2.45) is 0 Å². The van der Waals surface area contributed by atoms with Gasteiger partial charge in [0.15, 0.2) is 0 Å². The molecule has 0 atom stereocenters. The maximum atomic E-state index is 12.3. The first-order chi connectivity index (χ1) is 12.4. The molecule has 0 N–H and O–H groups in total. The molecule has 7 heteroatoms. The summed E-state index contributed by atoms with van der Waals surface area (Å²) in [6.07, 6.45) is 1.56. The molecule has 1 saturated heterocycles. The number of piperazine rings is 1. The quantitative estimate of drug-likeness (QED) is 0.761. The fourth-order valence-electron chi connectivity index (χ4n) is 3.00. The van der Waals surface area contributed by atoms with Crippen molar-refractivity contribution in [2.45, 2.75) is 40.3 Å². The molecule has 2 aromatic rings. The minimum Gasteiger partial charge on any atom is -0.459 e. The second kappa shape index (κ2) is 7.86. The molecule has 0 radical (unpaired) electrons. The molecule has 0 bridgehead atoms. The Labute approximate surface area is 154 Å². The number of hydrogen-bond donors (Lipinski definition) is 0. The Bertz CT molecular complexity index is 744. The third-order valence-corrected chi connectivity index (χ3v) is 4.45. The van der Waals surface area contributed by atoms with Gasteiger partial charge in [0.1, 0.15) is 17.1 Å². The van der Waals surface area contributed by atoms with E-state index in [1.54, 1.807) is 18.3 Å². The van der Waals surface area contributed by atoms with E-state index in [4.69, 9.17) is 9.15 Å². The number of rotatable bonds is 5. The van der Waals surface area contributed by atoms with Crippen LogP contribution in [0.4, 0.5) is 5.82 Å². The van der Waals surface area contributed by atoms with E-state index in [0.29, 0.717) is 17.9 Å². The van der Waals surface area contributed by atoms with Crippen LogP contribution in [0.25, 0.3) is 0 Å². The van der Waals surface area contributed by atoms with Gasteiger partial charge < -0.3 is 14.1 Å². The molecule has 0 aliphatic carbocycles. The van der Waals surface area contributed by atoms with Crippen LogP contribution in [0, 0.1) is 13.8 Å². The van der Waals surface area contributed by atoms with Crippen LogP contribution in [-0.4, -0.2) is 53.1 Å². The highest BCUT2D eigenvalue weighted by Gasteiger charge is 2.24. The van der Waals surface area contributed by atoms with Gasteiger partial charge >= 0.3 is 5.97 Å². The van der Waals surface area contributed by atoms with Crippen molar-refractivity contribution in [3.63, 3.8) is 0 Å². The van der Waals surface area contributed by atoms with Crippen LogP contribution in [0.15, 0.2) is 22.7 Å². The van der Waals surface area contributed by atoms with E-state index in [1.165, 1.54) is 0 Å². The summed E-state index contributed by atoms with van der Waals surface area (Å²) in [6.45, 7) is 11.6. The predicted molar refractivity (Wildman–Crippen MR) is 98.3 cm³/mol. The summed E-state index contributed by atoms with van der Waals surface area (Å²) in [4.78, 5) is 25.7. The number of anilines is 1. The van der Waals surface area contributed by atoms with Crippen LogP contribution >= 0.6 is 0 Å². The van der Waals surface area contributed by atoms with E-state index in [-0.39, 0.29) is 12.1 Å². The minimum atomic E-state index is -0.323. The first-order valence-corrected chi connectivity index (χ1v) is 9.00. The second-order valence-corrected chi connectivity index (χ2v) is 6.84. The average Bonchev–Trinajstić information content (AvgIpc) is 2.92. The molecular weight excluding hydrogens is 332 g/mol. The molecular formula is C19H26N4O3. The second-order valence-electron chi connectivity index (χ2n) is 6.84. The first-order valence-electron chi connectivity index (χ1n) is 9.00. The van der Waals surface area contributed by atoms with Gasteiger partial charge in [0, 0.05) is 32.4 Å². The molecule has 0 spiro atoms. The molecule has 1 fully saturated rings. The number of pyridine rings is 1. The summed E-state index contributed by atoms with van der Waals surface area (Å²) >= 11 is 0. The Hall–Kier alpha value is -2.41. The van der Waals surface area contributed by atoms with Gasteiger partial charge in [-0.2, -0.15) is 0 Å². The Morgan fingerprint density at radius 3 is 2.62 bits per heavy atom. The lowest BCUT2D eigenvalue weighted by atomic mass is 10.2. The summed E-state index contributed by atoms with van der Waals surface area (Å²) < 4.78 is 11.0. The lowest BCUT2D eigenvalue weighted by Crippen LogP contribution is -2.46. The monoisotopic (exact) mass is 358 g/mol. The van der Waals surface area contributed by atoms with Crippen LogP contribution in [0.3, 0.4) is 0 Å². The molecule has 7 nitrogen and oxygen atoms in total. The molecule has 140 valence electrons.